The van der Waals surface area contributed by atoms with E-state index in [1.165, 1.54) is 5.01 Å². The first kappa shape index (κ1) is 13.0. The summed E-state index contributed by atoms with van der Waals surface area (Å²) in [5.74, 6) is 4.85. The Morgan fingerprint density at radius 3 is 2.72 bits per heavy atom. The van der Waals surface area contributed by atoms with Crippen molar-refractivity contribution in [3.8, 4) is 0 Å². The molecule has 3 N–H and O–H groups in total. The monoisotopic (exact) mass is 250 g/mol. The molecule has 0 bridgehead atoms. The topological polar surface area (TPSA) is 75.8 Å². The third-order valence-electron chi connectivity index (χ3n) is 3.19. The molecule has 1 aromatic carbocycles. The van der Waals surface area contributed by atoms with Crippen molar-refractivity contribution < 1.29 is 14.6 Å². The SMILES string of the molecule is NN1CC(OCc2ccccc2)CC[C@H]1C(=O)O. The van der Waals surface area contributed by atoms with Crippen LogP contribution in [0.1, 0.15) is 18.4 Å². The highest BCUT2D eigenvalue weighted by atomic mass is 16.5. The number of hydrogen-bond acceptors (Lipinski definition) is 4. The van der Waals surface area contributed by atoms with Crippen LogP contribution in [0, 0.1) is 0 Å². The van der Waals surface area contributed by atoms with Crippen molar-refractivity contribution in [2.75, 3.05) is 6.54 Å². The molecule has 2 rings (SSSR count). The van der Waals surface area contributed by atoms with Crippen LogP contribution in [-0.4, -0.2) is 34.8 Å². The molecule has 0 spiro atoms. The van der Waals surface area contributed by atoms with Crippen molar-refractivity contribution in [2.45, 2.75) is 31.6 Å². The molecule has 1 aliphatic heterocycles. The van der Waals surface area contributed by atoms with Crippen molar-refractivity contribution in [3.05, 3.63) is 35.9 Å². The van der Waals surface area contributed by atoms with Crippen LogP contribution >= 0.6 is 0 Å². The summed E-state index contributed by atoms with van der Waals surface area (Å²) in [7, 11) is 0. The standard InChI is InChI=1S/C13H18N2O3/c14-15-8-11(6-7-12(15)13(16)17)18-9-10-4-2-1-3-5-10/h1-5,11-12H,6-9,14H2,(H,16,17)/t11?,12-/m0/s1. The zero-order chi connectivity index (χ0) is 13.0. The molecule has 1 aromatic rings. The molecule has 5 heteroatoms. The number of carbonyl (C=O) groups is 1. The summed E-state index contributed by atoms with van der Waals surface area (Å²) in [6.45, 7) is 1.00. The van der Waals surface area contributed by atoms with Gasteiger partial charge >= 0.3 is 5.97 Å². The molecule has 0 amide bonds. The average molecular weight is 250 g/mol. The minimum atomic E-state index is -0.862. The molecule has 1 heterocycles. The minimum absolute atomic E-state index is 0.00538. The molecule has 1 fully saturated rings. The molecule has 18 heavy (non-hydrogen) atoms. The Bertz CT molecular complexity index is 396. The van der Waals surface area contributed by atoms with Crippen molar-refractivity contribution in [1.82, 2.24) is 5.01 Å². The van der Waals surface area contributed by atoms with Crippen LogP contribution in [0.25, 0.3) is 0 Å². The third-order valence-corrected chi connectivity index (χ3v) is 3.19. The summed E-state index contributed by atoms with van der Waals surface area (Å²) >= 11 is 0. The second kappa shape index (κ2) is 5.95. The maximum atomic E-state index is 10.9. The van der Waals surface area contributed by atoms with E-state index in [4.69, 9.17) is 15.7 Å². The van der Waals surface area contributed by atoms with Gasteiger partial charge in [0.05, 0.1) is 12.7 Å². The number of piperidine rings is 1. The van der Waals surface area contributed by atoms with Crippen LogP contribution in [0.5, 0.6) is 0 Å². The van der Waals surface area contributed by atoms with E-state index in [0.717, 1.165) is 12.0 Å². The van der Waals surface area contributed by atoms with Gasteiger partial charge < -0.3 is 9.84 Å². The number of carboxylic acids is 1. The van der Waals surface area contributed by atoms with Crippen LogP contribution in [0.15, 0.2) is 30.3 Å². The highest BCUT2D eigenvalue weighted by Crippen LogP contribution is 2.18. The molecule has 1 unspecified atom stereocenters. The number of nitrogens with two attached hydrogens (primary N) is 1. The fourth-order valence-electron chi connectivity index (χ4n) is 2.15. The number of nitrogens with zero attached hydrogens (tertiary/aromatic N) is 1. The highest BCUT2D eigenvalue weighted by molar-refractivity contribution is 5.73. The second-order valence-electron chi connectivity index (χ2n) is 4.55. The fraction of sp³-hybridized carbons (Fsp3) is 0.462. The first-order valence-corrected chi connectivity index (χ1v) is 6.06. The van der Waals surface area contributed by atoms with E-state index in [0.29, 0.717) is 19.6 Å². The van der Waals surface area contributed by atoms with Gasteiger partial charge in [0, 0.05) is 6.54 Å². The average Bonchev–Trinajstić information content (AvgIpc) is 2.37. The molecule has 0 aromatic heterocycles. The van der Waals surface area contributed by atoms with Gasteiger partial charge in [0.1, 0.15) is 6.04 Å². The number of ether oxygens (including phenoxy) is 1. The van der Waals surface area contributed by atoms with E-state index in [-0.39, 0.29) is 6.10 Å². The Morgan fingerprint density at radius 2 is 2.11 bits per heavy atom. The molecular formula is C13H18N2O3. The Balaban J connectivity index is 1.81. The lowest BCUT2D eigenvalue weighted by Gasteiger charge is -2.34. The lowest BCUT2D eigenvalue weighted by molar-refractivity contribution is -0.147. The van der Waals surface area contributed by atoms with Crippen molar-refractivity contribution in [1.29, 1.82) is 0 Å². The van der Waals surface area contributed by atoms with Gasteiger partial charge in [-0.25, -0.2) is 5.01 Å². The van der Waals surface area contributed by atoms with E-state index < -0.39 is 12.0 Å². The van der Waals surface area contributed by atoms with Gasteiger partial charge in [-0.05, 0) is 18.4 Å². The fourth-order valence-corrected chi connectivity index (χ4v) is 2.15. The predicted molar refractivity (Wildman–Crippen MR) is 66.6 cm³/mol. The Kier molecular flexibility index (Phi) is 4.30. The van der Waals surface area contributed by atoms with E-state index in [1.807, 2.05) is 30.3 Å². The van der Waals surface area contributed by atoms with Crippen molar-refractivity contribution >= 4 is 5.97 Å². The summed E-state index contributed by atoms with van der Waals surface area (Å²) in [6.07, 6.45) is 1.27. The van der Waals surface area contributed by atoms with Crippen LogP contribution in [0.4, 0.5) is 0 Å². The van der Waals surface area contributed by atoms with Crippen LogP contribution in [0.3, 0.4) is 0 Å². The summed E-state index contributed by atoms with van der Waals surface area (Å²) in [5, 5.41) is 10.3. The molecule has 1 saturated heterocycles. The molecule has 0 aliphatic carbocycles. The number of rotatable bonds is 4. The van der Waals surface area contributed by atoms with Gasteiger partial charge in [0.25, 0.3) is 0 Å². The van der Waals surface area contributed by atoms with E-state index in [1.54, 1.807) is 0 Å². The summed E-state index contributed by atoms with van der Waals surface area (Å²) < 4.78 is 5.75. The first-order chi connectivity index (χ1) is 8.66. The molecular weight excluding hydrogens is 232 g/mol. The Hall–Kier alpha value is -1.43. The first-order valence-electron chi connectivity index (χ1n) is 6.06. The lowest BCUT2D eigenvalue weighted by Crippen LogP contribution is -2.53. The predicted octanol–water partition coefficient (Wildman–Crippen LogP) is 0.994. The molecule has 2 atom stereocenters. The Morgan fingerprint density at radius 1 is 1.39 bits per heavy atom. The molecule has 0 saturated carbocycles. The van der Waals surface area contributed by atoms with Gasteiger partial charge in [0.15, 0.2) is 0 Å². The zero-order valence-electron chi connectivity index (χ0n) is 10.2. The number of benzene rings is 1. The van der Waals surface area contributed by atoms with Gasteiger partial charge in [-0.2, -0.15) is 0 Å². The zero-order valence-corrected chi connectivity index (χ0v) is 10.2. The molecule has 1 aliphatic rings. The van der Waals surface area contributed by atoms with Crippen molar-refractivity contribution in [3.63, 3.8) is 0 Å². The highest BCUT2D eigenvalue weighted by Gasteiger charge is 2.31. The van der Waals surface area contributed by atoms with Gasteiger partial charge in [-0.1, -0.05) is 30.3 Å². The second-order valence-corrected chi connectivity index (χ2v) is 4.55. The van der Waals surface area contributed by atoms with Crippen LogP contribution in [0.2, 0.25) is 0 Å². The van der Waals surface area contributed by atoms with Gasteiger partial charge in [-0.15, -0.1) is 0 Å². The van der Waals surface area contributed by atoms with E-state index >= 15 is 0 Å². The molecule has 98 valence electrons. The normalized spacial score (nSPS) is 24.9. The van der Waals surface area contributed by atoms with Crippen LogP contribution in [-0.2, 0) is 16.1 Å². The number of hydrogen-bond donors (Lipinski definition) is 2. The summed E-state index contributed by atoms with van der Waals surface area (Å²) in [6, 6.07) is 9.32. The van der Waals surface area contributed by atoms with Gasteiger partial charge in [0.2, 0.25) is 0 Å². The number of carboxylic acid groups (broad SMARTS) is 1. The van der Waals surface area contributed by atoms with Crippen molar-refractivity contribution in [2.24, 2.45) is 5.84 Å². The number of hydrazine groups is 1. The Labute approximate surface area is 106 Å². The maximum Gasteiger partial charge on any atom is 0.322 e. The third kappa shape index (κ3) is 3.29. The summed E-state index contributed by atoms with van der Waals surface area (Å²) in [4.78, 5) is 10.9. The lowest BCUT2D eigenvalue weighted by atomic mass is 10.0. The van der Waals surface area contributed by atoms with Crippen LogP contribution < -0.4 is 5.84 Å². The quantitative estimate of drug-likeness (QED) is 0.779. The molecule has 5 nitrogen and oxygen atoms in total. The summed E-state index contributed by atoms with van der Waals surface area (Å²) in [5.41, 5.74) is 1.11. The van der Waals surface area contributed by atoms with E-state index in [2.05, 4.69) is 0 Å². The number of aliphatic carboxylic acids is 1. The molecule has 0 radical (unpaired) electrons. The van der Waals surface area contributed by atoms with Gasteiger partial charge in [-0.3, -0.25) is 10.6 Å². The van der Waals surface area contributed by atoms with E-state index in [9.17, 15) is 4.79 Å². The minimum Gasteiger partial charge on any atom is -0.480 e. The largest absolute Gasteiger partial charge is 0.480 e. The maximum absolute atomic E-state index is 10.9. The smallest absolute Gasteiger partial charge is 0.322 e.